The summed E-state index contributed by atoms with van der Waals surface area (Å²) in [5.41, 5.74) is 0. The SMILES string of the molecule is CCOP(=O)(SCSCC)SCC(C)C. The Morgan fingerprint density at radius 2 is 1.93 bits per heavy atom. The van der Waals surface area contributed by atoms with E-state index >= 15 is 0 Å². The van der Waals surface area contributed by atoms with Crippen molar-refractivity contribution in [2.45, 2.75) is 27.7 Å². The Kier molecular flexibility index (Phi) is 10.1. The zero-order valence-corrected chi connectivity index (χ0v) is 13.2. The highest BCUT2D eigenvalue weighted by Gasteiger charge is 2.24. The lowest BCUT2D eigenvalue weighted by molar-refractivity contribution is 0.357. The van der Waals surface area contributed by atoms with Gasteiger partial charge in [-0.25, -0.2) is 0 Å². The summed E-state index contributed by atoms with van der Waals surface area (Å²) in [4.78, 5) is 0. The molecule has 0 radical (unpaired) electrons. The van der Waals surface area contributed by atoms with Gasteiger partial charge in [-0.05, 0) is 30.0 Å². The van der Waals surface area contributed by atoms with Gasteiger partial charge < -0.3 is 4.52 Å². The maximum atomic E-state index is 12.3. The van der Waals surface area contributed by atoms with Crippen LogP contribution in [0.5, 0.6) is 0 Å². The Balaban J connectivity index is 4.00. The molecule has 0 aliphatic rings. The Bertz CT molecular complexity index is 200. The van der Waals surface area contributed by atoms with E-state index in [4.69, 9.17) is 4.52 Å². The van der Waals surface area contributed by atoms with Crippen molar-refractivity contribution >= 4 is 40.3 Å². The van der Waals surface area contributed by atoms with Crippen molar-refractivity contribution in [1.29, 1.82) is 0 Å². The first kappa shape index (κ1) is 16.2. The highest BCUT2D eigenvalue weighted by atomic mass is 33.1. The van der Waals surface area contributed by atoms with Gasteiger partial charge in [0.1, 0.15) is 0 Å². The minimum absolute atomic E-state index is 0.534. The van der Waals surface area contributed by atoms with Crippen LogP contribution in [0.25, 0.3) is 0 Å². The van der Waals surface area contributed by atoms with Gasteiger partial charge in [0.25, 0.3) is 0 Å². The fraction of sp³-hybridized carbons (Fsp3) is 1.00. The molecule has 1 atom stereocenters. The summed E-state index contributed by atoms with van der Waals surface area (Å²) < 4.78 is 17.7. The van der Waals surface area contributed by atoms with Crippen LogP contribution in [0.2, 0.25) is 0 Å². The lowest BCUT2D eigenvalue weighted by Crippen LogP contribution is -1.92. The maximum Gasteiger partial charge on any atom is 0.313 e. The summed E-state index contributed by atoms with van der Waals surface area (Å²) in [6, 6.07) is 0. The van der Waals surface area contributed by atoms with E-state index in [-0.39, 0.29) is 0 Å². The average Bonchev–Trinajstić information content (AvgIpc) is 2.16. The van der Waals surface area contributed by atoms with Crippen molar-refractivity contribution < 1.29 is 9.09 Å². The van der Waals surface area contributed by atoms with Gasteiger partial charge in [-0.15, -0.1) is 0 Å². The largest absolute Gasteiger partial charge is 0.314 e. The van der Waals surface area contributed by atoms with Crippen LogP contribution in [0.4, 0.5) is 0 Å². The molecular formula is C9H21O2PS3. The van der Waals surface area contributed by atoms with Crippen molar-refractivity contribution in [2.24, 2.45) is 5.92 Å². The molecule has 0 N–H and O–H groups in total. The smallest absolute Gasteiger partial charge is 0.313 e. The minimum Gasteiger partial charge on any atom is -0.314 e. The molecule has 0 saturated carbocycles. The second kappa shape index (κ2) is 9.29. The molecule has 0 amide bonds. The molecule has 0 fully saturated rings. The summed E-state index contributed by atoms with van der Waals surface area (Å²) in [5.74, 6) is 0.0354. The van der Waals surface area contributed by atoms with Gasteiger partial charge in [0.2, 0.25) is 0 Å². The topological polar surface area (TPSA) is 26.3 Å². The Morgan fingerprint density at radius 3 is 2.40 bits per heavy atom. The number of hydrogen-bond acceptors (Lipinski definition) is 5. The second-order valence-electron chi connectivity index (χ2n) is 3.29. The van der Waals surface area contributed by atoms with Crippen LogP contribution in [-0.4, -0.2) is 23.2 Å². The number of hydrogen-bond donors (Lipinski definition) is 0. The standard InChI is InChI=1S/C9H21O2PS3/c1-5-11-12(10,14-7-9(3)4)15-8-13-6-2/h9H,5-8H2,1-4H3. The fourth-order valence-corrected chi connectivity index (χ4v) is 10.2. The lowest BCUT2D eigenvalue weighted by Gasteiger charge is -2.16. The molecule has 0 saturated heterocycles. The minimum atomic E-state index is -2.49. The van der Waals surface area contributed by atoms with Gasteiger partial charge in [0.05, 0.1) is 6.61 Å². The van der Waals surface area contributed by atoms with E-state index in [1.807, 2.05) is 6.92 Å². The van der Waals surface area contributed by atoms with E-state index in [0.717, 1.165) is 16.6 Å². The first-order chi connectivity index (χ1) is 7.04. The van der Waals surface area contributed by atoms with Crippen LogP contribution in [0.15, 0.2) is 0 Å². The van der Waals surface area contributed by atoms with E-state index in [1.165, 1.54) is 22.8 Å². The molecule has 0 aliphatic carbocycles. The molecule has 6 heteroatoms. The molecule has 0 aromatic heterocycles. The zero-order chi connectivity index (χ0) is 11.7. The van der Waals surface area contributed by atoms with Crippen molar-refractivity contribution in [3.63, 3.8) is 0 Å². The van der Waals surface area contributed by atoms with Crippen LogP contribution in [0, 0.1) is 5.92 Å². The van der Waals surface area contributed by atoms with Crippen LogP contribution >= 0.6 is 40.3 Å². The van der Waals surface area contributed by atoms with Crippen LogP contribution in [-0.2, 0) is 9.09 Å². The third-order valence-electron chi connectivity index (χ3n) is 1.35. The third-order valence-corrected chi connectivity index (χ3v) is 10.7. The van der Waals surface area contributed by atoms with E-state index in [2.05, 4.69) is 20.8 Å². The van der Waals surface area contributed by atoms with Gasteiger partial charge in [-0.3, -0.25) is 4.57 Å². The Hall–Kier alpha value is 1.24. The maximum absolute atomic E-state index is 12.3. The highest BCUT2D eigenvalue weighted by molar-refractivity contribution is 8.89. The highest BCUT2D eigenvalue weighted by Crippen LogP contribution is 2.70. The number of thioether (sulfide) groups is 1. The molecule has 0 aromatic rings. The van der Waals surface area contributed by atoms with E-state index < -0.39 is 5.77 Å². The van der Waals surface area contributed by atoms with Crippen molar-refractivity contribution in [3.05, 3.63) is 0 Å². The van der Waals surface area contributed by atoms with Gasteiger partial charge in [0, 0.05) is 10.8 Å². The molecule has 0 bridgehead atoms. The molecule has 0 spiro atoms. The molecule has 2 nitrogen and oxygen atoms in total. The van der Waals surface area contributed by atoms with Crippen LogP contribution < -0.4 is 0 Å². The van der Waals surface area contributed by atoms with Crippen molar-refractivity contribution in [3.8, 4) is 0 Å². The van der Waals surface area contributed by atoms with Crippen molar-refractivity contribution in [1.82, 2.24) is 0 Å². The first-order valence-corrected chi connectivity index (χ1v) is 11.1. The third kappa shape index (κ3) is 8.99. The average molecular weight is 288 g/mol. The van der Waals surface area contributed by atoms with Gasteiger partial charge in [-0.2, -0.15) is 11.8 Å². The molecule has 92 valence electrons. The Labute approximate surface area is 106 Å². The Morgan fingerprint density at radius 1 is 1.27 bits per heavy atom. The van der Waals surface area contributed by atoms with E-state index in [1.54, 1.807) is 11.8 Å². The molecule has 0 aromatic carbocycles. The fourth-order valence-electron chi connectivity index (χ4n) is 0.695. The van der Waals surface area contributed by atoms with Gasteiger partial charge in [0.15, 0.2) is 0 Å². The monoisotopic (exact) mass is 288 g/mol. The number of rotatable bonds is 9. The van der Waals surface area contributed by atoms with E-state index in [9.17, 15) is 4.57 Å². The molecule has 15 heavy (non-hydrogen) atoms. The molecular weight excluding hydrogens is 267 g/mol. The van der Waals surface area contributed by atoms with Gasteiger partial charge in [-0.1, -0.05) is 32.2 Å². The van der Waals surface area contributed by atoms with Crippen LogP contribution in [0.3, 0.4) is 0 Å². The van der Waals surface area contributed by atoms with Crippen molar-refractivity contribution in [2.75, 3.05) is 23.2 Å². The molecule has 0 rings (SSSR count). The van der Waals surface area contributed by atoms with Crippen LogP contribution in [0.1, 0.15) is 27.7 Å². The summed E-state index contributed by atoms with van der Waals surface area (Å²) in [6.45, 7) is 8.81. The summed E-state index contributed by atoms with van der Waals surface area (Å²) in [7, 11) is 0. The summed E-state index contributed by atoms with van der Waals surface area (Å²) in [6.07, 6.45) is 0. The van der Waals surface area contributed by atoms with E-state index in [0.29, 0.717) is 12.5 Å². The lowest BCUT2D eigenvalue weighted by atomic mass is 10.3. The predicted molar refractivity (Wildman–Crippen MR) is 77.1 cm³/mol. The summed E-state index contributed by atoms with van der Waals surface area (Å²) >= 11 is 4.76. The molecule has 0 aliphatic heterocycles. The molecule has 1 unspecified atom stereocenters. The normalized spacial score (nSPS) is 15.5. The quantitative estimate of drug-likeness (QED) is 0.339. The second-order valence-corrected chi connectivity index (χ2v) is 12.4. The first-order valence-electron chi connectivity index (χ1n) is 5.15. The summed E-state index contributed by atoms with van der Waals surface area (Å²) in [5, 5.41) is 0.860. The zero-order valence-electron chi connectivity index (χ0n) is 9.89. The predicted octanol–water partition coefficient (Wildman–Crippen LogP) is 4.96. The van der Waals surface area contributed by atoms with Gasteiger partial charge >= 0.3 is 5.77 Å². The molecule has 0 heterocycles.